The van der Waals surface area contributed by atoms with E-state index >= 15 is 0 Å². The highest BCUT2D eigenvalue weighted by Crippen LogP contribution is 2.36. The van der Waals surface area contributed by atoms with Gasteiger partial charge in [0.25, 0.3) is 5.91 Å². The molecule has 118 valence electrons. The maximum absolute atomic E-state index is 13.7. The van der Waals surface area contributed by atoms with Crippen LogP contribution in [0.5, 0.6) is 11.5 Å². The monoisotopic (exact) mass is 315 g/mol. The van der Waals surface area contributed by atoms with Crippen molar-refractivity contribution in [3.63, 3.8) is 0 Å². The van der Waals surface area contributed by atoms with E-state index in [9.17, 15) is 14.0 Å². The first-order valence-electron chi connectivity index (χ1n) is 7.06. The highest BCUT2D eigenvalue weighted by molar-refractivity contribution is 6.09. The van der Waals surface area contributed by atoms with Crippen LogP contribution in [0.2, 0.25) is 0 Å². The average Bonchev–Trinajstić information content (AvgIpc) is 2.54. The molecule has 0 spiro atoms. The number of hydrogen-bond donors (Lipinski definition) is 1. The van der Waals surface area contributed by atoms with Crippen LogP contribution in [-0.4, -0.2) is 24.9 Å². The van der Waals surface area contributed by atoms with Crippen LogP contribution in [0.4, 0.5) is 10.1 Å². The number of nitrogens with one attached hydrogen (secondary N) is 1. The highest BCUT2D eigenvalue weighted by Gasteiger charge is 2.20. The number of ether oxygens (including phenoxy) is 2. The maximum Gasteiger partial charge on any atom is 0.258 e. The van der Waals surface area contributed by atoms with Crippen molar-refractivity contribution < 1.29 is 23.5 Å². The van der Waals surface area contributed by atoms with E-state index in [2.05, 4.69) is 5.32 Å². The molecule has 2 aromatic carbocycles. The molecule has 0 unspecified atom stereocenters. The first-order chi connectivity index (χ1) is 11.1. The summed E-state index contributed by atoms with van der Waals surface area (Å²) in [6.07, 6.45) is 0. The molecule has 5 nitrogen and oxygen atoms in total. The predicted octanol–water partition coefficient (Wildman–Crippen LogP) is 3.05. The molecule has 6 heteroatoms. The highest BCUT2D eigenvalue weighted by atomic mass is 19.1. The van der Waals surface area contributed by atoms with Crippen LogP contribution in [0.15, 0.2) is 36.4 Å². The van der Waals surface area contributed by atoms with Gasteiger partial charge in [-0.15, -0.1) is 0 Å². The molecule has 1 amide bonds. The van der Waals surface area contributed by atoms with E-state index in [4.69, 9.17) is 9.47 Å². The Bertz CT molecular complexity index is 788. The minimum Gasteiger partial charge on any atom is -0.486 e. The van der Waals surface area contributed by atoms with E-state index in [-0.39, 0.29) is 22.6 Å². The normalized spacial score (nSPS) is 12.6. The van der Waals surface area contributed by atoms with Gasteiger partial charge in [0.15, 0.2) is 17.3 Å². The molecule has 0 atom stereocenters. The summed E-state index contributed by atoms with van der Waals surface area (Å²) in [5.41, 5.74) is 0.436. The molecular weight excluding hydrogens is 301 g/mol. The lowest BCUT2D eigenvalue weighted by atomic mass is 10.1. The second-order valence-electron chi connectivity index (χ2n) is 5.03. The first-order valence-corrected chi connectivity index (χ1v) is 7.06. The summed E-state index contributed by atoms with van der Waals surface area (Å²) < 4.78 is 24.6. The van der Waals surface area contributed by atoms with E-state index < -0.39 is 11.7 Å². The minimum absolute atomic E-state index is 0.100. The summed E-state index contributed by atoms with van der Waals surface area (Å²) in [7, 11) is 0. The lowest BCUT2D eigenvalue weighted by Crippen LogP contribution is -2.19. The zero-order valence-corrected chi connectivity index (χ0v) is 12.4. The number of anilines is 1. The SMILES string of the molecule is CC(=O)c1cc2c(cc1NC(=O)c1ccccc1F)OCCO2. The molecule has 2 aromatic rings. The Morgan fingerprint density at radius 3 is 2.35 bits per heavy atom. The molecule has 0 bridgehead atoms. The quantitative estimate of drug-likeness (QED) is 0.884. The Balaban J connectivity index is 1.97. The predicted molar refractivity (Wildman–Crippen MR) is 81.8 cm³/mol. The number of rotatable bonds is 3. The van der Waals surface area contributed by atoms with Gasteiger partial charge < -0.3 is 14.8 Å². The summed E-state index contributed by atoms with van der Waals surface area (Å²) >= 11 is 0. The Hall–Kier alpha value is -2.89. The molecule has 1 aliphatic heterocycles. The van der Waals surface area contributed by atoms with E-state index in [1.54, 1.807) is 6.07 Å². The summed E-state index contributed by atoms with van der Waals surface area (Å²) in [5, 5.41) is 2.56. The molecule has 1 heterocycles. The fraction of sp³-hybridized carbons (Fsp3) is 0.176. The number of benzene rings is 2. The fourth-order valence-corrected chi connectivity index (χ4v) is 2.32. The molecule has 0 saturated heterocycles. The number of halogens is 1. The third kappa shape index (κ3) is 3.01. The van der Waals surface area contributed by atoms with Crippen LogP contribution in [0.3, 0.4) is 0 Å². The number of carbonyl (C=O) groups excluding carboxylic acids is 2. The fourth-order valence-electron chi connectivity index (χ4n) is 2.32. The molecule has 23 heavy (non-hydrogen) atoms. The van der Waals surface area contributed by atoms with Gasteiger partial charge in [-0.25, -0.2) is 4.39 Å². The Morgan fingerprint density at radius 1 is 1.04 bits per heavy atom. The number of amides is 1. The third-order valence-electron chi connectivity index (χ3n) is 3.43. The smallest absolute Gasteiger partial charge is 0.258 e. The number of Topliss-reactive ketones (excluding diaryl/α,β-unsaturated/α-hetero) is 1. The van der Waals surface area contributed by atoms with Crippen molar-refractivity contribution in [3.05, 3.63) is 53.3 Å². The van der Waals surface area contributed by atoms with Crippen molar-refractivity contribution in [3.8, 4) is 11.5 Å². The molecule has 0 aliphatic carbocycles. The third-order valence-corrected chi connectivity index (χ3v) is 3.43. The lowest BCUT2D eigenvalue weighted by Gasteiger charge is -2.20. The van der Waals surface area contributed by atoms with Crippen LogP contribution < -0.4 is 14.8 Å². The second kappa shape index (κ2) is 6.08. The van der Waals surface area contributed by atoms with Gasteiger partial charge in [-0.05, 0) is 25.1 Å². The summed E-state index contributed by atoms with van der Waals surface area (Å²) in [5.74, 6) is -0.629. The van der Waals surface area contributed by atoms with Gasteiger partial charge in [0.05, 0.1) is 11.3 Å². The Kier molecular flexibility index (Phi) is 3.97. The minimum atomic E-state index is -0.637. The van der Waals surface area contributed by atoms with Gasteiger partial charge in [0, 0.05) is 11.6 Å². The Morgan fingerprint density at radius 2 is 1.70 bits per heavy atom. The van der Waals surface area contributed by atoms with Gasteiger partial charge in [0.2, 0.25) is 0 Å². The summed E-state index contributed by atoms with van der Waals surface area (Å²) in [6.45, 7) is 2.16. The molecule has 0 aromatic heterocycles. The maximum atomic E-state index is 13.7. The van der Waals surface area contributed by atoms with Gasteiger partial charge in [0.1, 0.15) is 19.0 Å². The zero-order valence-electron chi connectivity index (χ0n) is 12.4. The van der Waals surface area contributed by atoms with Gasteiger partial charge in [-0.1, -0.05) is 12.1 Å². The molecule has 0 radical (unpaired) electrons. The molecule has 0 saturated carbocycles. The van der Waals surface area contributed by atoms with Crippen LogP contribution in [-0.2, 0) is 0 Å². The first kappa shape index (κ1) is 15.0. The van der Waals surface area contributed by atoms with Gasteiger partial charge in [-0.3, -0.25) is 9.59 Å². The van der Waals surface area contributed by atoms with E-state index in [1.165, 1.54) is 37.3 Å². The largest absolute Gasteiger partial charge is 0.486 e. The zero-order chi connectivity index (χ0) is 16.4. The van der Waals surface area contributed by atoms with Crippen LogP contribution in [0.25, 0.3) is 0 Å². The summed E-state index contributed by atoms with van der Waals surface area (Å²) in [6, 6.07) is 8.67. The van der Waals surface area contributed by atoms with E-state index in [0.717, 1.165) is 0 Å². The molecule has 1 aliphatic rings. The number of fused-ring (bicyclic) bond motifs is 1. The van der Waals surface area contributed by atoms with Crippen LogP contribution in [0.1, 0.15) is 27.6 Å². The van der Waals surface area contributed by atoms with Crippen molar-refractivity contribution in [1.82, 2.24) is 0 Å². The van der Waals surface area contributed by atoms with Crippen molar-refractivity contribution in [1.29, 1.82) is 0 Å². The van der Waals surface area contributed by atoms with Gasteiger partial charge in [-0.2, -0.15) is 0 Å². The number of hydrogen-bond acceptors (Lipinski definition) is 4. The van der Waals surface area contributed by atoms with Crippen molar-refractivity contribution in [2.24, 2.45) is 0 Å². The number of ketones is 1. The van der Waals surface area contributed by atoms with Crippen LogP contribution in [0, 0.1) is 5.82 Å². The standard InChI is InChI=1S/C17H14FNO4/c1-10(20)12-8-15-16(23-7-6-22-15)9-14(12)19-17(21)11-4-2-3-5-13(11)18/h2-5,8-9H,6-7H2,1H3,(H,19,21). The second-order valence-corrected chi connectivity index (χ2v) is 5.03. The molecule has 1 N–H and O–H groups in total. The summed E-state index contributed by atoms with van der Waals surface area (Å²) in [4.78, 5) is 24.1. The molecular formula is C17H14FNO4. The van der Waals surface area contributed by atoms with E-state index in [1.807, 2.05) is 0 Å². The number of carbonyl (C=O) groups is 2. The van der Waals surface area contributed by atoms with Crippen molar-refractivity contribution >= 4 is 17.4 Å². The Labute approximate surface area is 132 Å². The molecule has 0 fully saturated rings. The average molecular weight is 315 g/mol. The van der Waals surface area contributed by atoms with Gasteiger partial charge >= 0.3 is 0 Å². The topological polar surface area (TPSA) is 64.6 Å². The van der Waals surface area contributed by atoms with E-state index in [0.29, 0.717) is 24.7 Å². The van der Waals surface area contributed by atoms with Crippen molar-refractivity contribution in [2.45, 2.75) is 6.92 Å². The molecule has 3 rings (SSSR count). The lowest BCUT2D eigenvalue weighted by molar-refractivity contribution is 0.101. The van der Waals surface area contributed by atoms with Crippen LogP contribution >= 0.6 is 0 Å². The van der Waals surface area contributed by atoms with Crippen molar-refractivity contribution in [2.75, 3.05) is 18.5 Å².